The van der Waals surface area contributed by atoms with Crippen LogP contribution in [0.1, 0.15) is 17.5 Å². The minimum Gasteiger partial charge on any atom is -0.224 e. The van der Waals surface area contributed by atoms with Gasteiger partial charge < -0.3 is 0 Å². The lowest BCUT2D eigenvalue weighted by Gasteiger charge is -2.13. The Kier molecular flexibility index (Phi) is 4.75. The molecule has 1 aliphatic carbocycles. The van der Waals surface area contributed by atoms with E-state index >= 15 is 0 Å². The van der Waals surface area contributed by atoms with E-state index in [2.05, 4.69) is 0 Å². The molecular weight excluding hydrogens is 389 g/mol. The second-order valence-corrected chi connectivity index (χ2v) is 8.43. The minimum absolute atomic E-state index is 0.000257. The van der Waals surface area contributed by atoms with Crippen LogP contribution in [0.2, 0.25) is 10.0 Å². The summed E-state index contributed by atoms with van der Waals surface area (Å²) in [4.78, 5) is -0.660. The molecule has 0 unspecified atom stereocenters. The molecule has 0 aromatic heterocycles. The van der Waals surface area contributed by atoms with Gasteiger partial charge in [0.25, 0.3) is 0 Å². The SMILES string of the molecule is CS(=O)(=O)c1cc(F)c(C2=CCC=C2c2ccc(Cl)c(Cl)c2)cc1F. The third kappa shape index (κ3) is 3.50. The zero-order chi connectivity index (χ0) is 18.4. The minimum atomic E-state index is -3.85. The van der Waals surface area contributed by atoms with Gasteiger partial charge in [0.1, 0.15) is 16.5 Å². The summed E-state index contributed by atoms with van der Waals surface area (Å²) in [6, 6.07) is 6.63. The summed E-state index contributed by atoms with van der Waals surface area (Å²) < 4.78 is 51.8. The quantitative estimate of drug-likeness (QED) is 0.676. The topological polar surface area (TPSA) is 34.1 Å². The first-order valence-electron chi connectivity index (χ1n) is 7.24. The summed E-state index contributed by atoms with van der Waals surface area (Å²) in [5, 5.41) is 0.745. The summed E-state index contributed by atoms with van der Waals surface area (Å²) in [7, 11) is -3.85. The van der Waals surface area contributed by atoms with Gasteiger partial charge in [-0.15, -0.1) is 0 Å². The Bertz CT molecular complexity index is 1040. The smallest absolute Gasteiger partial charge is 0.178 e. The van der Waals surface area contributed by atoms with Crippen molar-refractivity contribution in [2.75, 3.05) is 6.26 Å². The fourth-order valence-corrected chi connectivity index (χ4v) is 3.75. The molecule has 3 rings (SSSR count). The predicted octanol–water partition coefficient (Wildman–Crippen LogP) is 5.55. The van der Waals surface area contributed by atoms with Crippen molar-refractivity contribution in [1.82, 2.24) is 0 Å². The van der Waals surface area contributed by atoms with Crippen LogP contribution in [0.4, 0.5) is 8.78 Å². The zero-order valence-electron chi connectivity index (χ0n) is 13.0. The van der Waals surface area contributed by atoms with Crippen molar-refractivity contribution in [3.05, 3.63) is 75.3 Å². The van der Waals surface area contributed by atoms with Crippen LogP contribution in [0, 0.1) is 11.6 Å². The van der Waals surface area contributed by atoms with E-state index in [0.29, 0.717) is 39.2 Å². The van der Waals surface area contributed by atoms with Gasteiger partial charge in [0.15, 0.2) is 9.84 Å². The van der Waals surface area contributed by atoms with Gasteiger partial charge in [-0.1, -0.05) is 41.4 Å². The number of allylic oxidation sites excluding steroid dienone is 4. The van der Waals surface area contributed by atoms with Crippen molar-refractivity contribution in [1.29, 1.82) is 0 Å². The van der Waals surface area contributed by atoms with Gasteiger partial charge in [-0.3, -0.25) is 0 Å². The highest BCUT2D eigenvalue weighted by Gasteiger charge is 2.23. The van der Waals surface area contributed by atoms with Gasteiger partial charge in [0.05, 0.1) is 10.0 Å². The summed E-state index contributed by atoms with van der Waals surface area (Å²) in [5.41, 5.74) is 1.88. The third-order valence-electron chi connectivity index (χ3n) is 3.88. The molecule has 1 aliphatic rings. The zero-order valence-corrected chi connectivity index (χ0v) is 15.3. The molecule has 0 spiro atoms. The molecule has 2 aromatic carbocycles. The Morgan fingerprint density at radius 3 is 2.24 bits per heavy atom. The Morgan fingerprint density at radius 2 is 1.60 bits per heavy atom. The second kappa shape index (κ2) is 6.56. The number of rotatable bonds is 3. The standard InChI is InChI=1S/C18H12Cl2F2O2S/c1-25(23,24)18-9-16(21)13(8-17(18)22)12-4-2-3-11(12)10-5-6-14(19)15(20)7-10/h3-9H,2H2,1H3. The van der Waals surface area contributed by atoms with Crippen molar-refractivity contribution in [3.8, 4) is 0 Å². The van der Waals surface area contributed by atoms with Crippen molar-refractivity contribution < 1.29 is 17.2 Å². The monoisotopic (exact) mass is 400 g/mol. The lowest BCUT2D eigenvalue weighted by Crippen LogP contribution is -2.04. The molecule has 0 atom stereocenters. The lowest BCUT2D eigenvalue weighted by atomic mass is 9.94. The molecule has 0 amide bonds. The van der Waals surface area contributed by atoms with Crippen molar-refractivity contribution in [3.63, 3.8) is 0 Å². The van der Waals surface area contributed by atoms with Crippen molar-refractivity contribution in [2.45, 2.75) is 11.3 Å². The van der Waals surface area contributed by atoms with E-state index in [-0.39, 0.29) is 5.56 Å². The summed E-state index contributed by atoms with van der Waals surface area (Å²) >= 11 is 11.9. The highest BCUT2D eigenvalue weighted by atomic mass is 35.5. The van der Waals surface area contributed by atoms with Crippen LogP contribution in [0.5, 0.6) is 0 Å². The Labute approximate surface area is 154 Å². The first-order valence-corrected chi connectivity index (χ1v) is 9.89. The highest BCUT2D eigenvalue weighted by molar-refractivity contribution is 7.90. The summed E-state index contributed by atoms with van der Waals surface area (Å²) in [6.07, 6.45) is 4.98. The van der Waals surface area contributed by atoms with Crippen LogP contribution in [0.15, 0.2) is 47.4 Å². The molecule has 0 aliphatic heterocycles. The predicted molar refractivity (Wildman–Crippen MR) is 96.5 cm³/mol. The first kappa shape index (κ1) is 18.1. The number of sulfone groups is 1. The largest absolute Gasteiger partial charge is 0.224 e. The third-order valence-corrected chi connectivity index (χ3v) is 5.73. The highest BCUT2D eigenvalue weighted by Crippen LogP contribution is 2.39. The molecule has 2 aromatic rings. The maximum atomic E-state index is 14.5. The van der Waals surface area contributed by atoms with Crippen LogP contribution in [0.25, 0.3) is 11.1 Å². The molecule has 0 saturated carbocycles. The van der Waals surface area contributed by atoms with E-state index in [4.69, 9.17) is 23.2 Å². The number of benzene rings is 2. The van der Waals surface area contributed by atoms with Gasteiger partial charge in [-0.25, -0.2) is 17.2 Å². The van der Waals surface area contributed by atoms with Gasteiger partial charge in [-0.2, -0.15) is 0 Å². The summed E-state index contributed by atoms with van der Waals surface area (Å²) in [5.74, 6) is -1.79. The lowest BCUT2D eigenvalue weighted by molar-refractivity contribution is 0.554. The van der Waals surface area contributed by atoms with E-state index < -0.39 is 26.4 Å². The van der Waals surface area contributed by atoms with Crippen LogP contribution in [-0.4, -0.2) is 14.7 Å². The molecule has 0 N–H and O–H groups in total. The summed E-state index contributed by atoms with van der Waals surface area (Å²) in [6.45, 7) is 0. The molecule has 0 fully saturated rings. The van der Waals surface area contributed by atoms with Crippen LogP contribution in [-0.2, 0) is 9.84 Å². The molecule has 0 radical (unpaired) electrons. The fraction of sp³-hybridized carbons (Fsp3) is 0.111. The molecule has 25 heavy (non-hydrogen) atoms. The number of halogens is 4. The Balaban J connectivity index is 2.09. The molecular formula is C18H12Cl2F2O2S. The Morgan fingerprint density at radius 1 is 0.920 bits per heavy atom. The van der Waals surface area contributed by atoms with Crippen molar-refractivity contribution >= 4 is 44.2 Å². The first-order chi connectivity index (χ1) is 11.7. The van der Waals surface area contributed by atoms with E-state index in [1.807, 2.05) is 6.08 Å². The van der Waals surface area contributed by atoms with E-state index in [1.165, 1.54) is 0 Å². The van der Waals surface area contributed by atoms with Crippen LogP contribution >= 0.6 is 23.2 Å². The second-order valence-electron chi connectivity index (χ2n) is 5.63. The molecule has 0 bridgehead atoms. The Hall–Kier alpha value is -1.69. The molecule has 0 heterocycles. The van der Waals surface area contributed by atoms with Crippen LogP contribution in [0.3, 0.4) is 0 Å². The number of hydrogen-bond donors (Lipinski definition) is 0. The van der Waals surface area contributed by atoms with Gasteiger partial charge in [0.2, 0.25) is 0 Å². The van der Waals surface area contributed by atoms with E-state index in [1.54, 1.807) is 24.3 Å². The maximum absolute atomic E-state index is 14.5. The van der Waals surface area contributed by atoms with Gasteiger partial charge in [0, 0.05) is 11.8 Å². The van der Waals surface area contributed by atoms with Gasteiger partial charge >= 0.3 is 0 Å². The molecule has 0 saturated heterocycles. The van der Waals surface area contributed by atoms with E-state index in [0.717, 1.165) is 12.3 Å². The number of hydrogen-bond acceptors (Lipinski definition) is 2. The molecule has 130 valence electrons. The van der Waals surface area contributed by atoms with Crippen LogP contribution < -0.4 is 0 Å². The van der Waals surface area contributed by atoms with Gasteiger partial charge in [-0.05, 0) is 47.4 Å². The van der Waals surface area contributed by atoms with E-state index in [9.17, 15) is 17.2 Å². The molecule has 7 heteroatoms. The fourth-order valence-electron chi connectivity index (χ4n) is 2.73. The maximum Gasteiger partial charge on any atom is 0.178 e. The molecule has 2 nitrogen and oxygen atoms in total. The average molecular weight is 401 g/mol. The normalized spacial score (nSPS) is 14.4. The average Bonchev–Trinajstić information content (AvgIpc) is 3.00. The van der Waals surface area contributed by atoms with Crippen molar-refractivity contribution in [2.24, 2.45) is 0 Å².